The van der Waals surface area contributed by atoms with Crippen LogP contribution in [0, 0.1) is 5.41 Å². The van der Waals surface area contributed by atoms with E-state index in [-0.39, 0.29) is 48.9 Å². The number of alkyl halides is 3. The van der Waals surface area contributed by atoms with Crippen molar-refractivity contribution in [3.05, 3.63) is 76.3 Å². The maximum atomic E-state index is 15.0. The number of carbonyl (C=O) groups excluding carboxylic acids is 1. The van der Waals surface area contributed by atoms with Gasteiger partial charge < -0.3 is 35.5 Å². The van der Waals surface area contributed by atoms with Crippen molar-refractivity contribution in [3.63, 3.8) is 0 Å². The number of hydrogen-bond acceptors (Lipinski definition) is 9. The molecule has 0 radical (unpaired) electrons. The van der Waals surface area contributed by atoms with Crippen molar-refractivity contribution >= 4 is 11.6 Å². The molecule has 4 rings (SSSR count). The zero-order chi connectivity index (χ0) is 32.1. The van der Waals surface area contributed by atoms with Crippen LogP contribution in [0.1, 0.15) is 41.9 Å². The fraction of sp³-hybridized carbons (Fsp3) is 0.452. The summed E-state index contributed by atoms with van der Waals surface area (Å²) in [5, 5.41) is 21.7. The molecule has 0 spiro atoms. The Morgan fingerprint density at radius 3 is 2.64 bits per heavy atom. The summed E-state index contributed by atoms with van der Waals surface area (Å²) in [6.07, 6.45) is -1.18. The minimum absolute atomic E-state index is 0.0105. The van der Waals surface area contributed by atoms with Gasteiger partial charge in [0, 0.05) is 29.6 Å². The van der Waals surface area contributed by atoms with Gasteiger partial charge in [0.2, 0.25) is 0 Å². The predicted molar refractivity (Wildman–Crippen MR) is 157 cm³/mol. The summed E-state index contributed by atoms with van der Waals surface area (Å²) >= 11 is 0. The highest BCUT2D eigenvalue weighted by molar-refractivity contribution is 6.12. The molecule has 0 bridgehead atoms. The van der Waals surface area contributed by atoms with Crippen LogP contribution in [0.2, 0.25) is 0 Å². The van der Waals surface area contributed by atoms with Crippen molar-refractivity contribution in [1.82, 2.24) is 10.3 Å². The van der Waals surface area contributed by atoms with E-state index in [1.165, 1.54) is 31.4 Å². The van der Waals surface area contributed by atoms with Crippen molar-refractivity contribution in [3.8, 4) is 11.5 Å². The lowest BCUT2D eigenvalue weighted by atomic mass is 9.77. The number of ether oxygens (including phenoxy) is 3. The normalized spacial score (nSPS) is 19.9. The maximum Gasteiger partial charge on any atom is 0.402 e. The number of carbonyl (C=O) groups is 1. The Kier molecular flexibility index (Phi) is 10.0. The van der Waals surface area contributed by atoms with Crippen LogP contribution in [-0.2, 0) is 11.2 Å². The van der Waals surface area contributed by atoms with Crippen LogP contribution < -0.4 is 20.5 Å². The van der Waals surface area contributed by atoms with E-state index in [1.54, 1.807) is 19.2 Å². The number of nitrogens with zero attached hydrogens (tertiary/aromatic N) is 2. The predicted octanol–water partition coefficient (Wildman–Crippen LogP) is 3.12. The topological polar surface area (TPSA) is 149 Å². The number of aryl methyl sites for hydroxylation is 1. The highest BCUT2D eigenvalue weighted by Crippen LogP contribution is 2.46. The molecule has 10 nitrogen and oxygen atoms in total. The van der Waals surface area contributed by atoms with E-state index in [2.05, 4.69) is 15.3 Å². The smallest absolute Gasteiger partial charge is 0.402 e. The SMILES string of the molecule is CCc1cc(C2=NCC(C(CO)(CNC(=O)c3ccc(OCCO)c(OC)c3)C(F)(F)F)=CC3=C2OCC(C)(N)C3)ccn1. The molecule has 44 heavy (non-hydrogen) atoms. The lowest BCUT2D eigenvalue weighted by Gasteiger charge is -2.37. The van der Waals surface area contributed by atoms with Crippen LogP contribution in [-0.4, -0.2) is 85.2 Å². The molecule has 5 N–H and O–H groups in total. The number of pyridine rings is 1. The molecule has 2 aliphatic heterocycles. The second-order valence-corrected chi connectivity index (χ2v) is 11.1. The average Bonchev–Trinajstić information content (AvgIpc) is 3.18. The number of hydrogen-bond donors (Lipinski definition) is 4. The molecule has 2 unspecified atom stereocenters. The molecule has 0 fully saturated rings. The third kappa shape index (κ3) is 6.90. The van der Waals surface area contributed by atoms with Crippen LogP contribution in [0.15, 0.2) is 64.5 Å². The van der Waals surface area contributed by atoms with Gasteiger partial charge >= 0.3 is 6.18 Å². The first-order valence-corrected chi connectivity index (χ1v) is 14.1. The molecular weight excluding hydrogens is 581 g/mol. The van der Waals surface area contributed by atoms with Crippen LogP contribution in [0.4, 0.5) is 13.2 Å². The van der Waals surface area contributed by atoms with Crippen LogP contribution in [0.3, 0.4) is 0 Å². The molecule has 1 amide bonds. The number of nitrogens with one attached hydrogen (secondary N) is 1. The van der Waals surface area contributed by atoms with E-state index in [0.29, 0.717) is 29.0 Å². The number of amides is 1. The number of aliphatic hydroxyl groups excluding tert-OH is 2. The van der Waals surface area contributed by atoms with Crippen molar-refractivity contribution in [2.75, 3.05) is 46.6 Å². The summed E-state index contributed by atoms with van der Waals surface area (Å²) in [6.45, 7) is 0.820. The first-order chi connectivity index (χ1) is 20.9. The van der Waals surface area contributed by atoms with E-state index in [1.807, 2.05) is 13.0 Å². The number of aliphatic hydroxyl groups is 2. The monoisotopic (exact) mass is 618 g/mol. The van der Waals surface area contributed by atoms with Gasteiger partial charge in [-0.1, -0.05) is 13.0 Å². The zero-order valence-electron chi connectivity index (χ0n) is 24.8. The molecule has 238 valence electrons. The van der Waals surface area contributed by atoms with E-state index in [9.17, 15) is 23.1 Å². The number of aromatic nitrogens is 1. The van der Waals surface area contributed by atoms with Crippen LogP contribution >= 0.6 is 0 Å². The summed E-state index contributed by atoms with van der Waals surface area (Å²) in [5.41, 5.74) is 4.59. The third-order valence-electron chi connectivity index (χ3n) is 7.61. The Balaban J connectivity index is 1.72. The fourth-order valence-electron chi connectivity index (χ4n) is 5.12. The Labute approximate surface area is 253 Å². The van der Waals surface area contributed by atoms with E-state index < -0.39 is 42.7 Å². The van der Waals surface area contributed by atoms with Gasteiger partial charge in [-0.2, -0.15) is 13.2 Å². The second kappa shape index (κ2) is 13.4. The standard InChI is InChI=1S/C31H37F3N4O6/c1-4-23-12-19(7-8-36-23)26-27-21(14-29(2,35)18-44-27)11-22(15-37-26)30(17-40,31(32,33)34)16-38-28(41)20-5-6-24(43-10-9-39)25(13-20)42-3/h5-8,11-13,39-40H,4,9-10,14-18,35H2,1-3H3,(H,38,41). The highest BCUT2D eigenvalue weighted by atomic mass is 19.4. The van der Waals surface area contributed by atoms with Crippen LogP contribution in [0.5, 0.6) is 11.5 Å². The van der Waals surface area contributed by atoms with E-state index >= 15 is 0 Å². The van der Waals surface area contributed by atoms with E-state index in [0.717, 1.165) is 5.69 Å². The number of allylic oxidation sites excluding steroid dienone is 2. The Bertz CT molecular complexity index is 1470. The van der Waals surface area contributed by atoms with Gasteiger partial charge in [-0.25, -0.2) is 0 Å². The first-order valence-electron chi connectivity index (χ1n) is 14.1. The summed E-state index contributed by atoms with van der Waals surface area (Å²) in [4.78, 5) is 22.0. The van der Waals surface area contributed by atoms with Gasteiger partial charge in [-0.15, -0.1) is 0 Å². The molecule has 13 heteroatoms. The summed E-state index contributed by atoms with van der Waals surface area (Å²) in [7, 11) is 1.34. The fourth-order valence-corrected chi connectivity index (χ4v) is 5.12. The molecule has 2 atom stereocenters. The van der Waals surface area contributed by atoms with Crippen molar-refractivity contribution in [2.45, 2.75) is 38.4 Å². The molecule has 0 aliphatic carbocycles. The minimum Gasteiger partial charge on any atom is -0.493 e. The Morgan fingerprint density at radius 1 is 1.20 bits per heavy atom. The van der Waals surface area contributed by atoms with Gasteiger partial charge in [0.1, 0.15) is 30.1 Å². The molecule has 1 aromatic carbocycles. The van der Waals surface area contributed by atoms with Gasteiger partial charge in [0.25, 0.3) is 5.91 Å². The number of halogens is 3. The van der Waals surface area contributed by atoms with Gasteiger partial charge in [-0.3, -0.25) is 14.8 Å². The molecule has 2 aromatic rings. The average molecular weight is 619 g/mol. The van der Waals surface area contributed by atoms with Crippen LogP contribution in [0.25, 0.3) is 0 Å². The van der Waals surface area contributed by atoms with Gasteiger partial charge in [-0.05, 0) is 61.2 Å². The van der Waals surface area contributed by atoms with Gasteiger partial charge in [0.15, 0.2) is 11.5 Å². The highest BCUT2D eigenvalue weighted by Gasteiger charge is 2.57. The number of nitrogens with two attached hydrogens (primary N) is 1. The van der Waals surface area contributed by atoms with Crippen molar-refractivity contribution in [2.24, 2.45) is 16.1 Å². The summed E-state index contributed by atoms with van der Waals surface area (Å²) in [6, 6.07) is 7.62. The molecule has 2 aliphatic rings. The number of benzene rings is 1. The molecule has 1 aromatic heterocycles. The van der Waals surface area contributed by atoms with Gasteiger partial charge in [0.05, 0.1) is 32.4 Å². The molecule has 0 saturated carbocycles. The summed E-state index contributed by atoms with van der Waals surface area (Å²) in [5.74, 6) is -0.0874. The number of methoxy groups -OCH3 is 1. The Morgan fingerprint density at radius 2 is 1.98 bits per heavy atom. The minimum atomic E-state index is -4.98. The summed E-state index contributed by atoms with van der Waals surface area (Å²) < 4.78 is 61.6. The largest absolute Gasteiger partial charge is 0.493 e. The second-order valence-electron chi connectivity index (χ2n) is 11.1. The molecule has 3 heterocycles. The lowest BCUT2D eigenvalue weighted by molar-refractivity contribution is -0.218. The number of aliphatic imine (C=N–C) groups is 1. The lowest BCUT2D eigenvalue weighted by Crippen LogP contribution is -2.52. The molecule has 0 saturated heterocycles. The zero-order valence-corrected chi connectivity index (χ0v) is 24.8. The molecular formula is C31H37F3N4O6. The maximum absolute atomic E-state index is 15.0. The van der Waals surface area contributed by atoms with Crippen molar-refractivity contribution < 1.29 is 42.4 Å². The Hall–Kier alpha value is -3.94. The first kappa shape index (κ1) is 33.0. The third-order valence-corrected chi connectivity index (χ3v) is 7.61. The quantitative estimate of drug-likeness (QED) is 0.300. The number of rotatable bonds is 11. The van der Waals surface area contributed by atoms with E-state index in [4.69, 9.17) is 25.1 Å². The van der Waals surface area contributed by atoms with Crippen molar-refractivity contribution in [1.29, 1.82) is 0 Å².